The molecule has 1 atom stereocenters. The molecule has 0 saturated heterocycles. The minimum absolute atomic E-state index is 0.295. The molecule has 5 heteroatoms. The number of alkyl halides is 1. The first-order chi connectivity index (χ1) is 6.50. The van der Waals surface area contributed by atoms with Gasteiger partial charge in [-0.25, -0.2) is 0 Å². The number of carbonyl (C=O) groups is 1. The number of anilines is 1. The third-order valence-electron chi connectivity index (χ3n) is 1.55. The summed E-state index contributed by atoms with van der Waals surface area (Å²) < 4.78 is 0. The highest BCUT2D eigenvalue weighted by Gasteiger charge is 2.10. The van der Waals surface area contributed by atoms with Crippen LogP contribution in [0.1, 0.15) is 6.92 Å². The number of hydrogen-bond acceptors (Lipinski definition) is 1. The van der Waals surface area contributed by atoms with Crippen LogP contribution in [0.15, 0.2) is 18.2 Å². The topological polar surface area (TPSA) is 29.1 Å². The van der Waals surface area contributed by atoms with Crippen LogP contribution in [0, 0.1) is 0 Å². The predicted molar refractivity (Wildman–Crippen MR) is 60.4 cm³/mol. The highest BCUT2D eigenvalue weighted by molar-refractivity contribution is 6.37. The van der Waals surface area contributed by atoms with Crippen LogP contribution >= 0.6 is 34.8 Å². The Morgan fingerprint density at radius 1 is 1.43 bits per heavy atom. The third-order valence-corrected chi connectivity index (χ3v) is 2.30. The molecule has 1 aromatic carbocycles. The van der Waals surface area contributed by atoms with Gasteiger partial charge in [0.15, 0.2) is 0 Å². The molecule has 1 N–H and O–H groups in total. The van der Waals surface area contributed by atoms with Crippen LogP contribution in [0.4, 0.5) is 5.69 Å². The zero-order valence-corrected chi connectivity index (χ0v) is 9.62. The monoisotopic (exact) mass is 251 g/mol. The second-order valence-corrected chi connectivity index (χ2v) is 4.23. The Balaban J connectivity index is 2.82. The number of benzene rings is 1. The Hall–Kier alpha value is -0.440. The lowest BCUT2D eigenvalue weighted by Gasteiger charge is -2.08. The van der Waals surface area contributed by atoms with Crippen molar-refractivity contribution in [2.75, 3.05) is 5.32 Å². The fourth-order valence-electron chi connectivity index (χ4n) is 0.823. The number of hydrogen-bond donors (Lipinski definition) is 1. The van der Waals surface area contributed by atoms with Gasteiger partial charge in [0.25, 0.3) is 0 Å². The molecule has 0 radical (unpaired) electrons. The van der Waals surface area contributed by atoms with E-state index in [-0.39, 0.29) is 5.91 Å². The van der Waals surface area contributed by atoms with Crippen molar-refractivity contribution < 1.29 is 4.79 Å². The van der Waals surface area contributed by atoms with Crippen LogP contribution in [0.5, 0.6) is 0 Å². The summed E-state index contributed by atoms with van der Waals surface area (Å²) in [6.45, 7) is 1.58. The highest BCUT2D eigenvalue weighted by atomic mass is 35.5. The quantitative estimate of drug-likeness (QED) is 0.801. The molecule has 1 amide bonds. The van der Waals surface area contributed by atoms with Crippen molar-refractivity contribution in [1.82, 2.24) is 0 Å². The van der Waals surface area contributed by atoms with Crippen molar-refractivity contribution in [3.63, 3.8) is 0 Å². The lowest BCUT2D eigenvalue weighted by atomic mass is 10.3. The van der Waals surface area contributed by atoms with Crippen LogP contribution in [-0.2, 0) is 4.79 Å². The second kappa shape index (κ2) is 4.87. The normalized spacial score (nSPS) is 12.3. The first-order valence-electron chi connectivity index (χ1n) is 3.90. The van der Waals surface area contributed by atoms with Crippen molar-refractivity contribution in [2.45, 2.75) is 12.3 Å². The van der Waals surface area contributed by atoms with Gasteiger partial charge in [-0.3, -0.25) is 4.79 Å². The summed E-state index contributed by atoms with van der Waals surface area (Å²) in [7, 11) is 0. The van der Waals surface area contributed by atoms with E-state index in [0.717, 1.165) is 0 Å². The van der Waals surface area contributed by atoms with Crippen molar-refractivity contribution in [1.29, 1.82) is 0 Å². The van der Waals surface area contributed by atoms with E-state index in [4.69, 9.17) is 34.8 Å². The molecule has 14 heavy (non-hydrogen) atoms. The lowest BCUT2D eigenvalue weighted by molar-refractivity contribution is -0.115. The molecule has 1 aromatic rings. The number of amides is 1. The molecule has 0 bridgehead atoms. The van der Waals surface area contributed by atoms with E-state index in [1.54, 1.807) is 25.1 Å². The van der Waals surface area contributed by atoms with Gasteiger partial charge in [0, 0.05) is 5.02 Å². The Morgan fingerprint density at radius 3 is 2.57 bits per heavy atom. The van der Waals surface area contributed by atoms with E-state index >= 15 is 0 Å². The van der Waals surface area contributed by atoms with E-state index < -0.39 is 5.38 Å². The van der Waals surface area contributed by atoms with Crippen LogP contribution in [0.2, 0.25) is 10.0 Å². The maximum Gasteiger partial charge on any atom is 0.242 e. The average molecular weight is 253 g/mol. The van der Waals surface area contributed by atoms with Crippen LogP contribution in [0.25, 0.3) is 0 Å². The predicted octanol–water partition coefficient (Wildman–Crippen LogP) is 3.56. The standard InChI is InChI=1S/C9H8Cl3NO/c1-5(10)9(14)13-8-3-2-6(11)4-7(8)12/h2-5H,1H3,(H,13,14)/t5-/m1/s1. The van der Waals surface area contributed by atoms with Crippen LogP contribution in [-0.4, -0.2) is 11.3 Å². The van der Waals surface area contributed by atoms with Gasteiger partial charge in [-0.05, 0) is 25.1 Å². The molecule has 0 fully saturated rings. The SMILES string of the molecule is C[C@@H](Cl)C(=O)Nc1ccc(Cl)cc1Cl. The van der Waals surface area contributed by atoms with Gasteiger partial charge in [0.05, 0.1) is 10.7 Å². The summed E-state index contributed by atoms with van der Waals surface area (Å²) in [4.78, 5) is 11.2. The fourth-order valence-corrected chi connectivity index (χ4v) is 1.33. The molecule has 0 aliphatic rings. The van der Waals surface area contributed by atoms with E-state index in [9.17, 15) is 4.79 Å². The van der Waals surface area contributed by atoms with Crippen molar-refractivity contribution >= 4 is 46.4 Å². The fraction of sp³-hybridized carbons (Fsp3) is 0.222. The molecular weight excluding hydrogens is 244 g/mol. The van der Waals surface area contributed by atoms with E-state index in [1.807, 2.05) is 0 Å². The number of nitrogens with one attached hydrogen (secondary N) is 1. The first kappa shape index (κ1) is 11.6. The van der Waals surface area contributed by atoms with Gasteiger partial charge < -0.3 is 5.32 Å². The van der Waals surface area contributed by atoms with Crippen molar-refractivity contribution in [3.8, 4) is 0 Å². The van der Waals surface area contributed by atoms with Gasteiger partial charge in [-0.1, -0.05) is 23.2 Å². The number of halogens is 3. The Labute approximate surface area is 97.1 Å². The Bertz CT molecular complexity index is 352. The minimum Gasteiger partial charge on any atom is -0.323 e. The van der Waals surface area contributed by atoms with Crippen molar-refractivity contribution in [3.05, 3.63) is 28.2 Å². The second-order valence-electron chi connectivity index (χ2n) is 2.73. The molecule has 1 rings (SSSR count). The van der Waals surface area contributed by atoms with E-state index in [1.165, 1.54) is 0 Å². The van der Waals surface area contributed by atoms with Crippen molar-refractivity contribution in [2.24, 2.45) is 0 Å². The average Bonchev–Trinajstić information content (AvgIpc) is 2.09. The molecule has 0 aliphatic heterocycles. The summed E-state index contributed by atoms with van der Waals surface area (Å²) in [6.07, 6.45) is 0. The molecule has 0 unspecified atom stereocenters. The summed E-state index contributed by atoms with van der Waals surface area (Å²) >= 11 is 17.1. The Kier molecular flexibility index (Phi) is 4.05. The lowest BCUT2D eigenvalue weighted by Crippen LogP contribution is -2.20. The highest BCUT2D eigenvalue weighted by Crippen LogP contribution is 2.25. The van der Waals surface area contributed by atoms with Gasteiger partial charge in [0.2, 0.25) is 5.91 Å². The first-order valence-corrected chi connectivity index (χ1v) is 5.10. The number of carbonyl (C=O) groups excluding carboxylic acids is 1. The smallest absolute Gasteiger partial charge is 0.242 e. The molecule has 0 heterocycles. The van der Waals surface area contributed by atoms with Crippen LogP contribution < -0.4 is 5.32 Å². The van der Waals surface area contributed by atoms with Gasteiger partial charge in [0.1, 0.15) is 5.38 Å². The zero-order chi connectivity index (χ0) is 10.7. The number of rotatable bonds is 2. The summed E-state index contributed by atoms with van der Waals surface area (Å²) in [5, 5.41) is 2.89. The van der Waals surface area contributed by atoms with Gasteiger partial charge in [-0.2, -0.15) is 0 Å². The van der Waals surface area contributed by atoms with Gasteiger partial charge >= 0.3 is 0 Å². The Morgan fingerprint density at radius 2 is 2.07 bits per heavy atom. The largest absolute Gasteiger partial charge is 0.323 e. The molecule has 0 spiro atoms. The molecule has 76 valence electrons. The molecule has 0 saturated carbocycles. The maximum absolute atomic E-state index is 11.2. The third kappa shape index (κ3) is 3.05. The summed E-state index contributed by atoms with van der Waals surface area (Å²) in [5.41, 5.74) is 0.508. The summed E-state index contributed by atoms with van der Waals surface area (Å²) in [6, 6.07) is 4.82. The molecular formula is C9H8Cl3NO. The molecule has 0 aliphatic carbocycles. The van der Waals surface area contributed by atoms with Crippen LogP contribution in [0.3, 0.4) is 0 Å². The zero-order valence-electron chi connectivity index (χ0n) is 7.35. The van der Waals surface area contributed by atoms with E-state index in [0.29, 0.717) is 15.7 Å². The van der Waals surface area contributed by atoms with Gasteiger partial charge in [-0.15, -0.1) is 11.6 Å². The minimum atomic E-state index is -0.596. The molecule has 2 nitrogen and oxygen atoms in total. The summed E-state index contributed by atoms with van der Waals surface area (Å²) in [5.74, 6) is -0.295. The molecule has 0 aromatic heterocycles. The maximum atomic E-state index is 11.2. The van der Waals surface area contributed by atoms with E-state index in [2.05, 4.69) is 5.32 Å².